The van der Waals surface area contributed by atoms with Crippen molar-refractivity contribution in [3.8, 4) is 0 Å². The molecule has 1 aliphatic heterocycles. The summed E-state index contributed by atoms with van der Waals surface area (Å²) < 4.78 is 26.3. The lowest BCUT2D eigenvalue weighted by molar-refractivity contribution is -0.384. The molecule has 9 heteroatoms. The molecule has 0 radical (unpaired) electrons. The standard InChI is InChI=1S/C13H17N3O5S/c17-13(15-8-2-1-3-9-15)10-14-22(20,21)12-6-4-11(5-7-12)16(18)19/h4-7,14H,1-3,8-10H2. The SMILES string of the molecule is O=C(CNS(=O)(=O)c1ccc([N+](=O)[O-])cc1)N1CCCCC1. The molecule has 1 aromatic carbocycles. The molecule has 0 atom stereocenters. The molecule has 2 rings (SSSR count). The monoisotopic (exact) mass is 327 g/mol. The van der Waals surface area contributed by atoms with E-state index in [0.717, 1.165) is 43.5 Å². The molecule has 1 N–H and O–H groups in total. The molecule has 1 saturated heterocycles. The van der Waals surface area contributed by atoms with Gasteiger partial charge >= 0.3 is 0 Å². The number of carbonyl (C=O) groups is 1. The third-order valence-corrected chi connectivity index (χ3v) is 4.90. The van der Waals surface area contributed by atoms with E-state index >= 15 is 0 Å². The number of hydrogen-bond donors (Lipinski definition) is 1. The summed E-state index contributed by atoms with van der Waals surface area (Å²) >= 11 is 0. The number of nitrogens with one attached hydrogen (secondary N) is 1. The van der Waals surface area contributed by atoms with E-state index < -0.39 is 14.9 Å². The quantitative estimate of drug-likeness (QED) is 0.638. The van der Waals surface area contributed by atoms with Crippen LogP contribution in [0.3, 0.4) is 0 Å². The molecule has 1 aromatic rings. The van der Waals surface area contributed by atoms with E-state index in [1.165, 1.54) is 0 Å². The summed E-state index contributed by atoms with van der Waals surface area (Å²) in [4.78, 5) is 23.4. The van der Waals surface area contributed by atoms with Gasteiger partial charge in [0.25, 0.3) is 5.69 Å². The van der Waals surface area contributed by atoms with Crippen LogP contribution in [0.2, 0.25) is 0 Å². The van der Waals surface area contributed by atoms with Gasteiger partial charge in [-0.1, -0.05) is 0 Å². The van der Waals surface area contributed by atoms with Crippen LogP contribution in [0, 0.1) is 10.1 Å². The Morgan fingerprint density at radius 1 is 1.18 bits per heavy atom. The Bertz CT molecular complexity index is 651. The maximum absolute atomic E-state index is 12.0. The van der Waals surface area contributed by atoms with Crippen molar-refractivity contribution in [2.45, 2.75) is 24.2 Å². The highest BCUT2D eigenvalue weighted by Gasteiger charge is 2.20. The number of sulfonamides is 1. The summed E-state index contributed by atoms with van der Waals surface area (Å²) in [5, 5.41) is 10.5. The number of rotatable bonds is 5. The fourth-order valence-corrected chi connectivity index (χ4v) is 3.22. The lowest BCUT2D eigenvalue weighted by Crippen LogP contribution is -2.42. The predicted octanol–water partition coefficient (Wildman–Crippen LogP) is 0.886. The number of amides is 1. The number of benzene rings is 1. The molecule has 0 saturated carbocycles. The lowest BCUT2D eigenvalue weighted by atomic mass is 10.1. The number of nitrogens with zero attached hydrogens (tertiary/aromatic N) is 2. The van der Waals surface area contributed by atoms with Crippen molar-refractivity contribution in [2.75, 3.05) is 19.6 Å². The minimum atomic E-state index is -3.86. The van der Waals surface area contributed by atoms with Gasteiger partial charge < -0.3 is 4.90 Å². The number of nitro benzene ring substituents is 1. The molecule has 0 aromatic heterocycles. The highest BCUT2D eigenvalue weighted by atomic mass is 32.2. The van der Waals surface area contributed by atoms with Gasteiger partial charge in [0.15, 0.2) is 0 Å². The maximum atomic E-state index is 12.0. The first-order chi connectivity index (χ1) is 10.4. The largest absolute Gasteiger partial charge is 0.342 e. The number of nitro groups is 1. The molecule has 1 fully saturated rings. The van der Waals surface area contributed by atoms with E-state index in [1.54, 1.807) is 4.90 Å². The van der Waals surface area contributed by atoms with Gasteiger partial charge in [0.05, 0.1) is 16.4 Å². The van der Waals surface area contributed by atoms with Gasteiger partial charge in [-0.2, -0.15) is 0 Å². The van der Waals surface area contributed by atoms with E-state index in [9.17, 15) is 23.3 Å². The summed E-state index contributed by atoms with van der Waals surface area (Å²) in [7, 11) is -3.86. The Labute approximate surface area is 128 Å². The molecule has 22 heavy (non-hydrogen) atoms. The molecule has 8 nitrogen and oxygen atoms in total. The van der Waals surface area contributed by atoms with Crippen LogP contribution in [-0.2, 0) is 14.8 Å². The van der Waals surface area contributed by atoms with Crippen LogP contribution in [-0.4, -0.2) is 43.8 Å². The Morgan fingerprint density at radius 3 is 2.32 bits per heavy atom. The third-order valence-electron chi connectivity index (χ3n) is 3.48. The van der Waals surface area contributed by atoms with Gasteiger partial charge in [-0.05, 0) is 31.4 Å². The summed E-state index contributed by atoms with van der Waals surface area (Å²) in [6.07, 6.45) is 2.94. The van der Waals surface area contributed by atoms with Crippen LogP contribution in [0.4, 0.5) is 5.69 Å². The van der Waals surface area contributed by atoms with E-state index in [4.69, 9.17) is 0 Å². The zero-order valence-corrected chi connectivity index (χ0v) is 12.7. The fraction of sp³-hybridized carbons (Fsp3) is 0.462. The van der Waals surface area contributed by atoms with Gasteiger partial charge in [0, 0.05) is 25.2 Å². The van der Waals surface area contributed by atoms with Gasteiger partial charge in [-0.15, -0.1) is 0 Å². The number of piperidine rings is 1. The Kier molecular flexibility index (Phi) is 5.09. The number of non-ortho nitro benzene ring substituents is 1. The van der Waals surface area contributed by atoms with Crippen molar-refractivity contribution >= 4 is 21.6 Å². The molecule has 1 heterocycles. The van der Waals surface area contributed by atoms with Crippen LogP contribution in [0.1, 0.15) is 19.3 Å². The summed E-state index contributed by atoms with van der Waals surface area (Å²) in [6, 6.07) is 4.51. The molecule has 120 valence electrons. The number of carbonyl (C=O) groups excluding carboxylic acids is 1. The molecular formula is C13H17N3O5S. The lowest BCUT2D eigenvalue weighted by Gasteiger charge is -2.26. The summed E-state index contributed by atoms with van der Waals surface area (Å²) in [5.74, 6) is -0.259. The molecule has 1 amide bonds. The topological polar surface area (TPSA) is 110 Å². The molecule has 1 aliphatic rings. The number of likely N-dealkylation sites (tertiary alicyclic amines) is 1. The molecular weight excluding hydrogens is 310 g/mol. The second-order valence-corrected chi connectivity index (χ2v) is 6.78. The van der Waals surface area contributed by atoms with Crippen molar-refractivity contribution in [1.82, 2.24) is 9.62 Å². The smallest absolute Gasteiger partial charge is 0.269 e. The van der Waals surface area contributed by atoms with E-state index in [2.05, 4.69) is 4.72 Å². The first-order valence-corrected chi connectivity index (χ1v) is 8.40. The van der Waals surface area contributed by atoms with Crippen LogP contribution in [0.5, 0.6) is 0 Å². The Balaban J connectivity index is 1.98. The molecule has 0 spiro atoms. The predicted molar refractivity (Wildman–Crippen MR) is 78.7 cm³/mol. The zero-order valence-electron chi connectivity index (χ0n) is 11.9. The first kappa shape index (κ1) is 16.4. The highest BCUT2D eigenvalue weighted by Crippen LogP contribution is 2.15. The van der Waals surface area contributed by atoms with Crippen molar-refractivity contribution in [2.24, 2.45) is 0 Å². The van der Waals surface area contributed by atoms with Crippen molar-refractivity contribution in [3.05, 3.63) is 34.4 Å². The zero-order chi connectivity index (χ0) is 16.2. The van der Waals surface area contributed by atoms with Crippen molar-refractivity contribution in [1.29, 1.82) is 0 Å². The number of hydrogen-bond acceptors (Lipinski definition) is 5. The Hall–Kier alpha value is -2.00. The van der Waals surface area contributed by atoms with E-state index in [0.29, 0.717) is 13.1 Å². The average Bonchev–Trinajstić information content (AvgIpc) is 2.53. The van der Waals surface area contributed by atoms with Crippen molar-refractivity contribution < 1.29 is 18.1 Å². The second kappa shape index (κ2) is 6.84. The summed E-state index contributed by atoms with van der Waals surface area (Å²) in [5.41, 5.74) is -0.191. The third kappa shape index (κ3) is 4.01. The van der Waals surface area contributed by atoms with E-state index in [-0.39, 0.29) is 23.0 Å². The average molecular weight is 327 g/mol. The van der Waals surface area contributed by atoms with Gasteiger partial charge in [0.1, 0.15) is 0 Å². The van der Waals surface area contributed by atoms with Gasteiger partial charge in [0.2, 0.25) is 15.9 Å². The van der Waals surface area contributed by atoms with Crippen LogP contribution in [0.25, 0.3) is 0 Å². The van der Waals surface area contributed by atoms with Gasteiger partial charge in [-0.3, -0.25) is 14.9 Å². The van der Waals surface area contributed by atoms with Crippen LogP contribution >= 0.6 is 0 Å². The normalized spacial score (nSPS) is 15.5. The van der Waals surface area contributed by atoms with Crippen LogP contribution < -0.4 is 4.72 Å². The maximum Gasteiger partial charge on any atom is 0.269 e. The molecule has 0 unspecified atom stereocenters. The minimum absolute atomic E-state index is 0.107. The summed E-state index contributed by atoms with van der Waals surface area (Å²) in [6.45, 7) is 0.996. The molecule has 0 aliphatic carbocycles. The van der Waals surface area contributed by atoms with Gasteiger partial charge in [-0.25, -0.2) is 13.1 Å². The minimum Gasteiger partial charge on any atom is -0.342 e. The van der Waals surface area contributed by atoms with Crippen molar-refractivity contribution in [3.63, 3.8) is 0 Å². The fourth-order valence-electron chi connectivity index (χ4n) is 2.24. The second-order valence-electron chi connectivity index (χ2n) is 5.02. The molecule has 0 bridgehead atoms. The van der Waals surface area contributed by atoms with Crippen LogP contribution in [0.15, 0.2) is 29.2 Å². The van der Waals surface area contributed by atoms with E-state index in [1.807, 2.05) is 0 Å². The Morgan fingerprint density at radius 2 is 1.77 bits per heavy atom. The first-order valence-electron chi connectivity index (χ1n) is 6.92. The highest BCUT2D eigenvalue weighted by molar-refractivity contribution is 7.89.